The monoisotopic (exact) mass is 342 g/mol. The van der Waals surface area contributed by atoms with Crippen LogP contribution in [0.15, 0.2) is 17.0 Å². The second-order valence-electron chi connectivity index (χ2n) is 3.84. The van der Waals surface area contributed by atoms with Crippen molar-refractivity contribution in [2.45, 2.75) is 4.90 Å². The zero-order chi connectivity index (χ0) is 15.5. The van der Waals surface area contributed by atoms with Crippen LogP contribution in [0, 0.1) is 5.82 Å². The van der Waals surface area contributed by atoms with Crippen molar-refractivity contribution in [2.75, 3.05) is 18.6 Å². The Morgan fingerprint density at radius 3 is 2.60 bits per heavy atom. The highest BCUT2D eigenvalue weighted by atomic mass is 35.5. The van der Waals surface area contributed by atoms with Gasteiger partial charge in [-0.25, -0.2) is 17.9 Å². The maximum atomic E-state index is 13.6. The Morgan fingerprint density at radius 2 is 2.10 bits per heavy atom. The second-order valence-corrected chi connectivity index (χ2v) is 7.33. The summed E-state index contributed by atoms with van der Waals surface area (Å²) in [5.41, 5.74) is -0.500. The van der Waals surface area contributed by atoms with E-state index in [2.05, 4.69) is 5.32 Å². The van der Waals surface area contributed by atoms with Crippen molar-refractivity contribution >= 4 is 38.3 Å². The van der Waals surface area contributed by atoms with E-state index in [1.807, 2.05) is 0 Å². The van der Waals surface area contributed by atoms with E-state index in [1.54, 1.807) is 0 Å². The van der Waals surface area contributed by atoms with Gasteiger partial charge in [0.2, 0.25) is 10.0 Å². The standard InChI is InChI=1S/C10H12ClFN2O4S2/c1-19(16)3-2-14-10(15)6-4-9(20(13,17)18)7(11)5-8(6)12/h4-5H,2-3H2,1H3,(H,14,15)(H2,13,17,18). The predicted octanol–water partition coefficient (Wildman–Crippen LogP) is 0.235. The average Bonchev–Trinajstić information content (AvgIpc) is 2.26. The average molecular weight is 343 g/mol. The van der Waals surface area contributed by atoms with Crippen LogP contribution in [0.25, 0.3) is 0 Å². The fourth-order valence-corrected chi connectivity index (χ4v) is 2.80. The molecule has 0 heterocycles. The van der Waals surface area contributed by atoms with Crippen molar-refractivity contribution in [1.29, 1.82) is 0 Å². The first-order chi connectivity index (χ1) is 9.12. The molecule has 1 rings (SSSR count). The Balaban J connectivity index is 3.06. The van der Waals surface area contributed by atoms with Gasteiger partial charge in [0.05, 0.1) is 10.6 Å². The minimum absolute atomic E-state index is 0.0642. The van der Waals surface area contributed by atoms with E-state index in [0.29, 0.717) is 6.07 Å². The van der Waals surface area contributed by atoms with Crippen molar-refractivity contribution in [1.82, 2.24) is 5.32 Å². The van der Waals surface area contributed by atoms with E-state index < -0.39 is 48.0 Å². The Kier molecular flexibility index (Phi) is 5.63. The number of nitrogens with one attached hydrogen (secondary N) is 1. The second kappa shape index (κ2) is 6.61. The highest BCUT2D eigenvalue weighted by molar-refractivity contribution is 7.89. The van der Waals surface area contributed by atoms with Gasteiger partial charge in [-0.3, -0.25) is 9.00 Å². The number of carbonyl (C=O) groups excluding carboxylic acids is 1. The first kappa shape index (κ1) is 17.0. The van der Waals surface area contributed by atoms with Crippen molar-refractivity contribution in [3.05, 3.63) is 28.5 Å². The van der Waals surface area contributed by atoms with Gasteiger partial charge in [0.15, 0.2) is 0 Å². The van der Waals surface area contributed by atoms with Gasteiger partial charge >= 0.3 is 0 Å². The third-order valence-corrected chi connectivity index (χ3v) is 4.40. The van der Waals surface area contributed by atoms with E-state index in [9.17, 15) is 21.8 Å². The van der Waals surface area contributed by atoms with Crippen LogP contribution in [0.3, 0.4) is 0 Å². The molecule has 1 aromatic carbocycles. The van der Waals surface area contributed by atoms with Crippen LogP contribution >= 0.6 is 11.6 Å². The van der Waals surface area contributed by atoms with Crippen molar-refractivity contribution < 1.29 is 21.8 Å². The summed E-state index contributed by atoms with van der Waals surface area (Å²) in [4.78, 5) is 11.2. The maximum Gasteiger partial charge on any atom is 0.254 e. The number of hydrogen-bond donors (Lipinski definition) is 2. The van der Waals surface area contributed by atoms with Gasteiger partial charge in [0.1, 0.15) is 10.7 Å². The SMILES string of the molecule is CS(=O)CCNC(=O)c1cc(S(N)(=O)=O)c(Cl)cc1F. The van der Waals surface area contributed by atoms with Crippen molar-refractivity contribution in [3.8, 4) is 0 Å². The smallest absolute Gasteiger partial charge is 0.254 e. The molecule has 0 saturated heterocycles. The van der Waals surface area contributed by atoms with Crippen LogP contribution in [-0.4, -0.2) is 37.1 Å². The molecule has 6 nitrogen and oxygen atoms in total. The van der Waals surface area contributed by atoms with Crippen LogP contribution in [0.2, 0.25) is 5.02 Å². The predicted molar refractivity (Wildman–Crippen MR) is 74.0 cm³/mol. The molecule has 1 amide bonds. The molecule has 112 valence electrons. The van der Waals surface area contributed by atoms with Crippen LogP contribution in [0.4, 0.5) is 4.39 Å². The topological polar surface area (TPSA) is 106 Å². The molecule has 0 aliphatic carbocycles. The molecule has 20 heavy (non-hydrogen) atoms. The lowest BCUT2D eigenvalue weighted by Crippen LogP contribution is -2.28. The molecule has 3 N–H and O–H groups in total. The molecule has 0 fully saturated rings. The zero-order valence-corrected chi connectivity index (χ0v) is 12.7. The van der Waals surface area contributed by atoms with E-state index in [1.165, 1.54) is 6.26 Å². The van der Waals surface area contributed by atoms with Crippen LogP contribution in [0.1, 0.15) is 10.4 Å². The van der Waals surface area contributed by atoms with Gasteiger partial charge in [-0.2, -0.15) is 0 Å². The molecule has 1 aromatic rings. The third-order valence-electron chi connectivity index (χ3n) is 2.25. The molecule has 0 aliphatic heterocycles. The fraction of sp³-hybridized carbons (Fsp3) is 0.300. The molecule has 0 saturated carbocycles. The number of benzene rings is 1. The minimum atomic E-state index is -4.17. The number of amides is 1. The number of sulfonamides is 1. The van der Waals surface area contributed by atoms with Gasteiger partial charge in [0, 0.05) is 29.4 Å². The van der Waals surface area contributed by atoms with Crippen molar-refractivity contribution in [2.24, 2.45) is 5.14 Å². The van der Waals surface area contributed by atoms with Crippen LogP contribution < -0.4 is 10.5 Å². The quantitative estimate of drug-likeness (QED) is 0.799. The van der Waals surface area contributed by atoms with Crippen LogP contribution in [0.5, 0.6) is 0 Å². The summed E-state index contributed by atoms with van der Waals surface area (Å²) in [5.74, 6) is -1.62. The summed E-state index contributed by atoms with van der Waals surface area (Å²) in [5, 5.41) is 6.82. The Hall–Kier alpha value is -1.03. The number of rotatable bonds is 5. The summed E-state index contributed by atoms with van der Waals surface area (Å²) in [6.07, 6.45) is 1.45. The first-order valence-electron chi connectivity index (χ1n) is 5.23. The Bertz CT molecular complexity index is 663. The Labute approximate surface area is 123 Å². The van der Waals surface area contributed by atoms with E-state index in [0.717, 1.165) is 6.07 Å². The largest absolute Gasteiger partial charge is 0.351 e. The van der Waals surface area contributed by atoms with Gasteiger partial charge in [0.25, 0.3) is 5.91 Å². The lowest BCUT2D eigenvalue weighted by Gasteiger charge is -2.08. The molecular formula is C10H12ClFN2O4S2. The van der Waals surface area contributed by atoms with E-state index in [4.69, 9.17) is 16.7 Å². The molecule has 10 heteroatoms. The summed E-state index contributed by atoms with van der Waals surface area (Å²) in [6, 6.07) is 1.47. The molecule has 0 aromatic heterocycles. The van der Waals surface area contributed by atoms with Gasteiger partial charge in [-0.15, -0.1) is 0 Å². The highest BCUT2D eigenvalue weighted by Gasteiger charge is 2.20. The summed E-state index contributed by atoms with van der Waals surface area (Å²) >= 11 is 5.57. The fourth-order valence-electron chi connectivity index (χ4n) is 1.32. The van der Waals surface area contributed by atoms with Gasteiger partial charge in [-0.05, 0) is 12.1 Å². The lowest BCUT2D eigenvalue weighted by molar-refractivity contribution is 0.0952. The summed E-state index contributed by atoms with van der Waals surface area (Å²) < 4.78 is 46.9. The molecule has 1 atom stereocenters. The first-order valence-corrected chi connectivity index (χ1v) is 8.88. The summed E-state index contributed by atoms with van der Waals surface area (Å²) in [7, 11) is -5.28. The van der Waals surface area contributed by atoms with Crippen LogP contribution in [-0.2, 0) is 20.8 Å². The molecule has 1 unspecified atom stereocenters. The molecule has 0 aliphatic rings. The zero-order valence-electron chi connectivity index (χ0n) is 10.4. The maximum absolute atomic E-state index is 13.6. The van der Waals surface area contributed by atoms with Gasteiger partial charge in [-0.1, -0.05) is 11.6 Å². The number of halogens is 2. The van der Waals surface area contributed by atoms with Gasteiger partial charge < -0.3 is 5.32 Å². The molecule has 0 spiro atoms. The highest BCUT2D eigenvalue weighted by Crippen LogP contribution is 2.24. The van der Waals surface area contributed by atoms with E-state index in [-0.39, 0.29) is 12.3 Å². The number of carbonyl (C=O) groups is 1. The van der Waals surface area contributed by atoms with Crippen molar-refractivity contribution in [3.63, 3.8) is 0 Å². The summed E-state index contributed by atoms with van der Waals surface area (Å²) in [6.45, 7) is 0.0642. The number of nitrogens with two attached hydrogens (primary N) is 1. The third kappa shape index (κ3) is 4.51. The molecule has 0 radical (unpaired) electrons. The Morgan fingerprint density at radius 1 is 1.50 bits per heavy atom. The molecular weight excluding hydrogens is 331 g/mol. The lowest BCUT2D eigenvalue weighted by atomic mass is 10.2. The number of hydrogen-bond acceptors (Lipinski definition) is 4. The number of primary sulfonamides is 1. The van der Waals surface area contributed by atoms with E-state index >= 15 is 0 Å². The molecule has 0 bridgehead atoms. The normalized spacial score (nSPS) is 13.0. The minimum Gasteiger partial charge on any atom is -0.351 e.